The summed E-state index contributed by atoms with van der Waals surface area (Å²) in [5, 5.41) is 34.2. The van der Waals surface area contributed by atoms with Crippen LogP contribution < -0.4 is 19.5 Å². The summed E-state index contributed by atoms with van der Waals surface area (Å²) in [5.74, 6) is 1.53. The largest absolute Gasteiger partial charge is 0.497 e. The number of anilines is 1. The Balaban J connectivity index is 1.09. The fourth-order valence-corrected chi connectivity index (χ4v) is 6.83. The van der Waals surface area contributed by atoms with Gasteiger partial charge in [-0.2, -0.15) is 11.8 Å². The zero-order chi connectivity index (χ0) is 32.0. The summed E-state index contributed by atoms with van der Waals surface area (Å²) in [6, 6.07) is 22.8. The Hall–Kier alpha value is -3.57. The molecule has 0 saturated heterocycles. The Morgan fingerprint density at radius 1 is 0.889 bits per heavy atom. The van der Waals surface area contributed by atoms with Crippen molar-refractivity contribution >= 4 is 29.3 Å². The molecule has 1 amide bonds. The molecular weight excluding hydrogens is 594 g/mol. The predicted octanol–water partition coefficient (Wildman–Crippen LogP) is 5.48. The van der Waals surface area contributed by atoms with Gasteiger partial charge in [0.05, 0.1) is 25.4 Å². The standard InChI is InChI=1S/C35H43NO8S/c1-42-28-12-9-13-29(20-28)43-22-26(37)23-45-34-30(31(38)21-32(34)39)14-7-2-3-8-15-33(40)44-27-18-16-25(17-19-27)36-35(41)24-10-5-4-6-11-24/h4-6,9-13,16-20,26,30-32,34,37-39H,2-3,7-8,14-15,21-23H2,1H3,(H,36,41)/t26?,30-,31?,32+,34+/m0/s1. The topological polar surface area (TPSA) is 135 Å². The van der Waals surface area contributed by atoms with E-state index in [0.29, 0.717) is 53.5 Å². The Morgan fingerprint density at radius 3 is 2.38 bits per heavy atom. The van der Waals surface area contributed by atoms with Crippen LogP contribution in [0.4, 0.5) is 5.69 Å². The number of methoxy groups -OCH3 is 1. The number of rotatable bonds is 17. The van der Waals surface area contributed by atoms with E-state index in [1.165, 1.54) is 11.8 Å². The molecule has 4 N–H and O–H groups in total. The fourth-order valence-electron chi connectivity index (χ4n) is 5.39. The van der Waals surface area contributed by atoms with Gasteiger partial charge in [-0.05, 0) is 67.3 Å². The number of aliphatic hydroxyl groups excluding tert-OH is 3. The van der Waals surface area contributed by atoms with E-state index in [0.717, 1.165) is 25.7 Å². The van der Waals surface area contributed by atoms with Crippen LogP contribution in [0, 0.1) is 5.92 Å². The third kappa shape index (κ3) is 11.1. The number of ether oxygens (including phenoxy) is 3. The number of carbonyl (C=O) groups is 2. The van der Waals surface area contributed by atoms with E-state index in [1.54, 1.807) is 67.8 Å². The maximum atomic E-state index is 12.3. The van der Waals surface area contributed by atoms with Crippen LogP contribution in [0.15, 0.2) is 78.9 Å². The van der Waals surface area contributed by atoms with E-state index >= 15 is 0 Å². The molecule has 4 rings (SSSR count). The fraction of sp³-hybridized carbons (Fsp3) is 0.429. The monoisotopic (exact) mass is 637 g/mol. The molecule has 1 saturated carbocycles. The van der Waals surface area contributed by atoms with E-state index in [1.807, 2.05) is 18.2 Å². The smallest absolute Gasteiger partial charge is 0.311 e. The van der Waals surface area contributed by atoms with Crippen molar-refractivity contribution in [2.45, 2.75) is 68.5 Å². The third-order valence-corrected chi connectivity index (χ3v) is 9.42. The number of amides is 1. The second-order valence-electron chi connectivity index (χ2n) is 11.2. The SMILES string of the molecule is COc1cccc(OCC(O)CS[C@H]2[C@H](O)CC(O)[C@@H]2CCCCCCC(=O)Oc2ccc(NC(=O)c3ccccc3)cc2)c1. The molecule has 0 aliphatic heterocycles. The predicted molar refractivity (Wildman–Crippen MR) is 175 cm³/mol. The average molecular weight is 638 g/mol. The number of nitrogens with one attached hydrogen (secondary N) is 1. The van der Waals surface area contributed by atoms with Crippen molar-refractivity contribution in [3.63, 3.8) is 0 Å². The van der Waals surface area contributed by atoms with Gasteiger partial charge in [-0.25, -0.2) is 0 Å². The van der Waals surface area contributed by atoms with E-state index in [9.17, 15) is 24.9 Å². The van der Waals surface area contributed by atoms with Gasteiger partial charge in [0.15, 0.2) is 0 Å². The van der Waals surface area contributed by atoms with Gasteiger partial charge < -0.3 is 34.8 Å². The molecule has 0 bridgehead atoms. The first-order valence-corrected chi connectivity index (χ1v) is 16.5. The summed E-state index contributed by atoms with van der Waals surface area (Å²) >= 11 is 1.48. The molecule has 1 fully saturated rings. The first kappa shape index (κ1) is 34.3. The molecule has 1 aliphatic rings. The molecule has 0 radical (unpaired) electrons. The first-order valence-electron chi connectivity index (χ1n) is 15.4. The summed E-state index contributed by atoms with van der Waals surface area (Å²) < 4.78 is 16.3. The number of carbonyl (C=O) groups excluding carboxylic acids is 2. The average Bonchev–Trinajstić information content (AvgIpc) is 3.32. The van der Waals surface area contributed by atoms with Crippen molar-refractivity contribution in [3.8, 4) is 17.2 Å². The van der Waals surface area contributed by atoms with Gasteiger partial charge in [0.2, 0.25) is 0 Å². The van der Waals surface area contributed by atoms with Crippen molar-refractivity contribution in [1.29, 1.82) is 0 Å². The van der Waals surface area contributed by atoms with Gasteiger partial charge in [0.25, 0.3) is 5.91 Å². The normalized spacial score (nSPS) is 19.9. The van der Waals surface area contributed by atoms with Gasteiger partial charge in [-0.15, -0.1) is 0 Å². The number of unbranched alkanes of at least 4 members (excludes halogenated alkanes) is 3. The molecule has 2 unspecified atom stereocenters. The van der Waals surface area contributed by atoms with Crippen molar-refractivity contribution in [1.82, 2.24) is 0 Å². The van der Waals surface area contributed by atoms with Crippen molar-refractivity contribution in [3.05, 3.63) is 84.4 Å². The number of thioether (sulfide) groups is 1. The van der Waals surface area contributed by atoms with Crippen LogP contribution >= 0.6 is 11.8 Å². The van der Waals surface area contributed by atoms with E-state index in [2.05, 4.69) is 5.32 Å². The molecule has 0 heterocycles. The summed E-state index contributed by atoms with van der Waals surface area (Å²) in [7, 11) is 1.58. The molecule has 1 aliphatic carbocycles. The lowest BCUT2D eigenvalue weighted by Gasteiger charge is -2.24. The second kappa shape index (κ2) is 17.8. The lowest BCUT2D eigenvalue weighted by molar-refractivity contribution is -0.134. The molecular formula is C35H43NO8S. The van der Waals surface area contributed by atoms with E-state index in [4.69, 9.17) is 14.2 Å². The van der Waals surface area contributed by atoms with E-state index < -0.39 is 18.3 Å². The number of hydrogen-bond acceptors (Lipinski definition) is 9. The van der Waals surface area contributed by atoms with Crippen LogP contribution in [0.25, 0.3) is 0 Å². The zero-order valence-corrected chi connectivity index (χ0v) is 26.4. The maximum Gasteiger partial charge on any atom is 0.311 e. The van der Waals surface area contributed by atoms with Crippen molar-refractivity contribution in [2.24, 2.45) is 5.92 Å². The van der Waals surface area contributed by atoms with Crippen LogP contribution in [0.5, 0.6) is 17.2 Å². The molecule has 3 aromatic rings. The van der Waals surface area contributed by atoms with Crippen LogP contribution in [0.3, 0.4) is 0 Å². The molecule has 242 valence electrons. The van der Waals surface area contributed by atoms with Gasteiger partial charge in [0.1, 0.15) is 23.9 Å². The molecule has 3 aromatic carbocycles. The van der Waals surface area contributed by atoms with Crippen LogP contribution in [-0.4, -0.2) is 70.2 Å². The summed E-state index contributed by atoms with van der Waals surface area (Å²) in [5.41, 5.74) is 1.17. The van der Waals surface area contributed by atoms with Gasteiger partial charge in [-0.1, -0.05) is 43.5 Å². The lowest BCUT2D eigenvalue weighted by Crippen LogP contribution is -2.28. The Kier molecular flexibility index (Phi) is 13.6. The van der Waals surface area contributed by atoms with Crippen LogP contribution in [0.1, 0.15) is 55.3 Å². The highest BCUT2D eigenvalue weighted by Crippen LogP contribution is 2.39. The summed E-state index contributed by atoms with van der Waals surface area (Å²) in [6.45, 7) is 0.122. The number of aliphatic hydroxyl groups is 3. The minimum Gasteiger partial charge on any atom is -0.497 e. The summed E-state index contributed by atoms with van der Waals surface area (Å²) in [6.07, 6.45) is 2.81. The molecule has 10 heteroatoms. The van der Waals surface area contributed by atoms with Crippen LogP contribution in [-0.2, 0) is 4.79 Å². The highest BCUT2D eigenvalue weighted by atomic mass is 32.2. The second-order valence-corrected chi connectivity index (χ2v) is 12.5. The number of benzene rings is 3. The first-order chi connectivity index (χ1) is 21.8. The Labute approximate surface area is 268 Å². The summed E-state index contributed by atoms with van der Waals surface area (Å²) in [4.78, 5) is 24.6. The minimum absolute atomic E-state index is 0.0538. The van der Waals surface area contributed by atoms with Crippen LogP contribution in [0.2, 0.25) is 0 Å². The third-order valence-electron chi connectivity index (χ3n) is 7.79. The maximum absolute atomic E-state index is 12.3. The molecule has 45 heavy (non-hydrogen) atoms. The Morgan fingerprint density at radius 2 is 1.62 bits per heavy atom. The van der Waals surface area contributed by atoms with Crippen molar-refractivity contribution < 1.29 is 39.1 Å². The molecule has 0 spiro atoms. The van der Waals surface area contributed by atoms with Gasteiger partial charge in [0, 0.05) is 41.2 Å². The van der Waals surface area contributed by atoms with Crippen molar-refractivity contribution in [2.75, 3.05) is 24.8 Å². The van der Waals surface area contributed by atoms with Gasteiger partial charge in [-0.3, -0.25) is 9.59 Å². The number of hydrogen-bond donors (Lipinski definition) is 4. The zero-order valence-electron chi connectivity index (χ0n) is 25.5. The minimum atomic E-state index is -0.718. The molecule has 9 nitrogen and oxygen atoms in total. The Bertz CT molecular complexity index is 1340. The quantitative estimate of drug-likeness (QED) is 0.0863. The lowest BCUT2D eigenvalue weighted by atomic mass is 9.97. The van der Waals surface area contributed by atoms with E-state index in [-0.39, 0.29) is 29.7 Å². The molecule has 5 atom stereocenters. The highest BCUT2D eigenvalue weighted by Gasteiger charge is 2.41. The highest BCUT2D eigenvalue weighted by molar-refractivity contribution is 8.00. The number of esters is 1. The molecule has 0 aromatic heterocycles. The van der Waals surface area contributed by atoms with Gasteiger partial charge >= 0.3 is 5.97 Å².